The van der Waals surface area contributed by atoms with Crippen molar-refractivity contribution >= 4 is 0 Å². The van der Waals surface area contributed by atoms with Gasteiger partial charge in [-0.25, -0.2) is 9.67 Å². The van der Waals surface area contributed by atoms with Crippen LogP contribution in [0.1, 0.15) is 37.8 Å². The van der Waals surface area contributed by atoms with Gasteiger partial charge in [-0.1, -0.05) is 13.8 Å². The molecule has 0 radical (unpaired) electrons. The van der Waals surface area contributed by atoms with E-state index in [2.05, 4.69) is 34.3 Å². The second-order valence-electron chi connectivity index (χ2n) is 6.25. The molecule has 0 aromatic carbocycles. The molecular formula is C15H24N6O. The number of fused-ring (bicyclic) bond motifs is 1. The van der Waals surface area contributed by atoms with Crippen molar-refractivity contribution in [2.45, 2.75) is 57.8 Å². The zero-order chi connectivity index (χ0) is 15.5. The van der Waals surface area contributed by atoms with Crippen LogP contribution in [-0.2, 0) is 19.5 Å². The Morgan fingerprint density at radius 2 is 2.32 bits per heavy atom. The lowest BCUT2D eigenvalue weighted by Gasteiger charge is -2.24. The van der Waals surface area contributed by atoms with Gasteiger partial charge in [-0.2, -0.15) is 10.2 Å². The number of aliphatic hydroxyl groups is 1. The summed E-state index contributed by atoms with van der Waals surface area (Å²) in [5.41, 5.74) is 0. The van der Waals surface area contributed by atoms with Crippen LogP contribution in [0.25, 0.3) is 0 Å². The Hall–Kier alpha value is -1.73. The first-order chi connectivity index (χ1) is 10.6. The summed E-state index contributed by atoms with van der Waals surface area (Å²) in [6.07, 6.45) is 5.11. The number of aromatic nitrogens is 5. The van der Waals surface area contributed by atoms with E-state index < -0.39 is 6.10 Å². The monoisotopic (exact) mass is 304 g/mol. The van der Waals surface area contributed by atoms with Gasteiger partial charge in [0.15, 0.2) is 5.82 Å². The largest absolute Gasteiger partial charge is 0.390 e. The van der Waals surface area contributed by atoms with Crippen LogP contribution in [0.2, 0.25) is 0 Å². The molecule has 2 atom stereocenters. The van der Waals surface area contributed by atoms with Crippen LogP contribution in [-0.4, -0.2) is 48.3 Å². The summed E-state index contributed by atoms with van der Waals surface area (Å²) >= 11 is 0. The molecular weight excluding hydrogens is 280 g/mol. The van der Waals surface area contributed by atoms with Crippen LogP contribution in [0.3, 0.4) is 0 Å². The fraction of sp³-hybridized carbons (Fsp3) is 0.667. The van der Waals surface area contributed by atoms with Crippen molar-refractivity contribution < 1.29 is 5.11 Å². The van der Waals surface area contributed by atoms with Crippen molar-refractivity contribution in [2.24, 2.45) is 0 Å². The number of aryl methyl sites for hydroxylation is 1. The van der Waals surface area contributed by atoms with Crippen LogP contribution in [0, 0.1) is 0 Å². The van der Waals surface area contributed by atoms with E-state index in [9.17, 15) is 5.11 Å². The fourth-order valence-corrected chi connectivity index (χ4v) is 2.73. The molecule has 2 N–H and O–H groups in total. The summed E-state index contributed by atoms with van der Waals surface area (Å²) < 4.78 is 3.76. The maximum absolute atomic E-state index is 10.1. The first kappa shape index (κ1) is 15.2. The zero-order valence-electron chi connectivity index (χ0n) is 13.2. The van der Waals surface area contributed by atoms with Crippen LogP contribution < -0.4 is 5.32 Å². The SMILES string of the molecule is CC(C)c1nc2n(n1)C[C@@H](NC[C@H](O)Cn1cccn1)CC2. The van der Waals surface area contributed by atoms with Gasteiger partial charge in [0, 0.05) is 37.3 Å². The summed E-state index contributed by atoms with van der Waals surface area (Å²) in [5.74, 6) is 2.37. The van der Waals surface area contributed by atoms with E-state index in [0.717, 1.165) is 31.0 Å². The average molecular weight is 304 g/mol. The highest BCUT2D eigenvalue weighted by atomic mass is 16.3. The summed E-state index contributed by atoms with van der Waals surface area (Å²) in [4.78, 5) is 4.59. The van der Waals surface area contributed by atoms with Gasteiger partial charge in [-0.05, 0) is 12.5 Å². The molecule has 1 aliphatic heterocycles. The molecule has 3 heterocycles. The molecule has 22 heavy (non-hydrogen) atoms. The summed E-state index contributed by atoms with van der Waals surface area (Å²) in [5, 5.41) is 22.2. The number of nitrogens with zero attached hydrogens (tertiary/aromatic N) is 5. The lowest BCUT2D eigenvalue weighted by molar-refractivity contribution is 0.139. The molecule has 0 aliphatic carbocycles. The Morgan fingerprint density at radius 3 is 3.05 bits per heavy atom. The molecule has 3 rings (SSSR count). The van der Waals surface area contributed by atoms with Crippen molar-refractivity contribution in [3.8, 4) is 0 Å². The van der Waals surface area contributed by atoms with E-state index in [1.165, 1.54) is 0 Å². The summed E-state index contributed by atoms with van der Waals surface area (Å²) in [6, 6.07) is 2.20. The zero-order valence-corrected chi connectivity index (χ0v) is 13.2. The van der Waals surface area contributed by atoms with E-state index >= 15 is 0 Å². The molecule has 7 nitrogen and oxygen atoms in total. The van der Waals surface area contributed by atoms with Gasteiger partial charge in [-0.3, -0.25) is 4.68 Å². The molecule has 7 heteroatoms. The van der Waals surface area contributed by atoms with Gasteiger partial charge in [0.2, 0.25) is 0 Å². The second-order valence-corrected chi connectivity index (χ2v) is 6.25. The van der Waals surface area contributed by atoms with E-state index in [1.54, 1.807) is 10.9 Å². The minimum absolute atomic E-state index is 0.335. The molecule has 2 aromatic heterocycles. The lowest BCUT2D eigenvalue weighted by atomic mass is 10.1. The first-order valence-electron chi connectivity index (χ1n) is 7.94. The Labute approximate surface area is 130 Å². The molecule has 120 valence electrons. The van der Waals surface area contributed by atoms with Crippen LogP contribution >= 0.6 is 0 Å². The standard InChI is InChI=1S/C15H24N6O/c1-11(2)15-18-14-5-4-12(9-21(14)19-15)16-8-13(22)10-20-7-3-6-17-20/h3,6-7,11-13,16,22H,4-5,8-10H2,1-2H3/t12-,13-/m0/s1. The van der Waals surface area contributed by atoms with Gasteiger partial charge in [0.25, 0.3) is 0 Å². The van der Waals surface area contributed by atoms with Crippen molar-refractivity contribution in [1.82, 2.24) is 29.9 Å². The summed E-state index contributed by atoms with van der Waals surface area (Å²) in [6.45, 7) is 6.12. The van der Waals surface area contributed by atoms with Gasteiger partial charge >= 0.3 is 0 Å². The maximum atomic E-state index is 10.1. The highest BCUT2D eigenvalue weighted by Gasteiger charge is 2.22. The van der Waals surface area contributed by atoms with Crippen molar-refractivity contribution in [3.63, 3.8) is 0 Å². The van der Waals surface area contributed by atoms with Crippen LogP contribution in [0.4, 0.5) is 0 Å². The molecule has 0 fully saturated rings. The van der Waals surface area contributed by atoms with Gasteiger partial charge < -0.3 is 10.4 Å². The number of hydrogen-bond donors (Lipinski definition) is 2. The normalized spacial score (nSPS) is 19.4. The predicted octanol–water partition coefficient (Wildman–Crippen LogP) is 0.563. The van der Waals surface area contributed by atoms with E-state index in [-0.39, 0.29) is 0 Å². The minimum Gasteiger partial charge on any atom is -0.390 e. The molecule has 0 saturated heterocycles. The van der Waals surface area contributed by atoms with E-state index in [1.807, 2.05) is 16.9 Å². The molecule has 0 bridgehead atoms. The highest BCUT2D eigenvalue weighted by Crippen LogP contribution is 2.16. The molecule has 2 aromatic rings. The number of aliphatic hydroxyl groups excluding tert-OH is 1. The van der Waals surface area contributed by atoms with Gasteiger partial charge in [-0.15, -0.1) is 0 Å². The summed E-state index contributed by atoms with van der Waals surface area (Å²) in [7, 11) is 0. The average Bonchev–Trinajstić information content (AvgIpc) is 3.13. The molecule has 0 unspecified atom stereocenters. The second kappa shape index (κ2) is 6.58. The number of hydrogen-bond acceptors (Lipinski definition) is 5. The third-order valence-electron chi connectivity index (χ3n) is 3.99. The molecule has 0 amide bonds. The topological polar surface area (TPSA) is 80.8 Å². The first-order valence-corrected chi connectivity index (χ1v) is 7.94. The predicted molar refractivity (Wildman–Crippen MR) is 82.5 cm³/mol. The smallest absolute Gasteiger partial charge is 0.153 e. The van der Waals surface area contributed by atoms with Crippen molar-refractivity contribution in [1.29, 1.82) is 0 Å². The number of rotatable bonds is 6. The minimum atomic E-state index is -0.441. The van der Waals surface area contributed by atoms with E-state index in [4.69, 9.17) is 0 Å². The third-order valence-corrected chi connectivity index (χ3v) is 3.99. The molecule has 0 saturated carbocycles. The van der Waals surface area contributed by atoms with E-state index in [0.29, 0.717) is 25.0 Å². The lowest BCUT2D eigenvalue weighted by Crippen LogP contribution is -2.42. The van der Waals surface area contributed by atoms with Gasteiger partial charge in [0.1, 0.15) is 5.82 Å². The number of nitrogens with one attached hydrogen (secondary N) is 1. The maximum Gasteiger partial charge on any atom is 0.153 e. The quantitative estimate of drug-likeness (QED) is 0.815. The Morgan fingerprint density at radius 1 is 1.45 bits per heavy atom. The Bertz CT molecular complexity index is 591. The van der Waals surface area contributed by atoms with Crippen molar-refractivity contribution in [2.75, 3.05) is 6.54 Å². The Balaban J connectivity index is 1.50. The highest BCUT2D eigenvalue weighted by molar-refractivity contribution is 5.01. The molecule has 1 aliphatic rings. The fourth-order valence-electron chi connectivity index (χ4n) is 2.73. The van der Waals surface area contributed by atoms with Crippen LogP contribution in [0.5, 0.6) is 0 Å². The van der Waals surface area contributed by atoms with Crippen LogP contribution in [0.15, 0.2) is 18.5 Å². The third kappa shape index (κ3) is 3.53. The molecule has 0 spiro atoms. The Kier molecular flexibility index (Phi) is 4.54. The van der Waals surface area contributed by atoms with Gasteiger partial charge in [0.05, 0.1) is 19.2 Å². The van der Waals surface area contributed by atoms with Crippen molar-refractivity contribution in [3.05, 3.63) is 30.1 Å².